The van der Waals surface area contributed by atoms with E-state index in [1.807, 2.05) is 0 Å². The summed E-state index contributed by atoms with van der Waals surface area (Å²) in [6.07, 6.45) is -4.53. The van der Waals surface area contributed by atoms with Gasteiger partial charge in [-0.15, -0.1) is 5.10 Å². The highest BCUT2D eigenvalue weighted by Crippen LogP contribution is 2.28. The van der Waals surface area contributed by atoms with Crippen molar-refractivity contribution in [3.05, 3.63) is 23.1 Å². The first-order chi connectivity index (χ1) is 9.27. The number of amides is 1. The van der Waals surface area contributed by atoms with Crippen molar-refractivity contribution in [2.24, 2.45) is 0 Å². The van der Waals surface area contributed by atoms with Crippen LogP contribution in [0.5, 0.6) is 0 Å². The molecule has 20 heavy (non-hydrogen) atoms. The van der Waals surface area contributed by atoms with Gasteiger partial charge in [-0.25, -0.2) is 0 Å². The zero-order valence-electron chi connectivity index (χ0n) is 10.6. The van der Waals surface area contributed by atoms with Gasteiger partial charge in [0.25, 0.3) is 0 Å². The molecule has 0 saturated heterocycles. The summed E-state index contributed by atoms with van der Waals surface area (Å²) in [7, 11) is 0. The predicted molar refractivity (Wildman–Crippen MR) is 61.7 cm³/mol. The Morgan fingerprint density at radius 2 is 2.10 bits per heavy atom. The fraction of sp³-hybridized carbons (Fsp3) is 0.400. The Balaban J connectivity index is 2.09. The molecule has 0 unspecified atom stereocenters. The van der Waals surface area contributed by atoms with E-state index in [-0.39, 0.29) is 18.1 Å². The van der Waals surface area contributed by atoms with Crippen LogP contribution >= 0.6 is 0 Å². The Bertz CT molecular complexity index is 629. The number of aromatic nitrogens is 5. The maximum atomic E-state index is 12.5. The first-order valence-electron chi connectivity index (χ1n) is 5.56. The average Bonchev–Trinajstić information content (AvgIpc) is 2.87. The molecule has 0 aromatic carbocycles. The van der Waals surface area contributed by atoms with Crippen molar-refractivity contribution < 1.29 is 18.0 Å². The van der Waals surface area contributed by atoms with E-state index in [1.54, 1.807) is 6.92 Å². The summed E-state index contributed by atoms with van der Waals surface area (Å²) >= 11 is 0. The number of halogens is 3. The van der Waals surface area contributed by atoms with Crippen molar-refractivity contribution in [3.8, 4) is 0 Å². The van der Waals surface area contributed by atoms with E-state index >= 15 is 0 Å². The van der Waals surface area contributed by atoms with E-state index in [1.165, 1.54) is 6.92 Å². The molecule has 0 aliphatic rings. The molecular weight excluding hydrogens is 277 g/mol. The minimum absolute atomic E-state index is 0.232. The van der Waals surface area contributed by atoms with Crippen LogP contribution in [-0.2, 0) is 17.5 Å². The molecule has 10 heteroatoms. The zero-order chi connectivity index (χ0) is 14.9. The van der Waals surface area contributed by atoms with Crippen LogP contribution in [0, 0.1) is 13.8 Å². The number of alkyl halides is 3. The third-order valence-corrected chi connectivity index (χ3v) is 2.55. The number of hydrogen-bond donors (Lipinski definition) is 2. The molecule has 0 spiro atoms. The molecule has 2 heterocycles. The van der Waals surface area contributed by atoms with Crippen LogP contribution in [0.1, 0.15) is 17.1 Å². The summed E-state index contributed by atoms with van der Waals surface area (Å²) < 4.78 is 38.4. The molecule has 2 aromatic rings. The third-order valence-electron chi connectivity index (χ3n) is 2.55. The third kappa shape index (κ3) is 2.95. The predicted octanol–water partition coefficient (Wildman–Crippen LogP) is 1.28. The molecule has 2 aromatic heterocycles. The van der Waals surface area contributed by atoms with Gasteiger partial charge in [0.2, 0.25) is 5.91 Å². The van der Waals surface area contributed by atoms with Crippen LogP contribution < -0.4 is 5.32 Å². The standard InChI is InChI=1S/C10H11F3N6O/c1-5-3-7(10(11,12)13)17-19(5)4-8(20)14-9-6(2)15-18-16-9/h3H,4H2,1-2H3,(H2,14,15,16,18,20). The van der Waals surface area contributed by atoms with E-state index in [0.29, 0.717) is 5.69 Å². The van der Waals surface area contributed by atoms with Gasteiger partial charge in [0.15, 0.2) is 11.5 Å². The Kier molecular flexibility index (Phi) is 3.47. The van der Waals surface area contributed by atoms with Gasteiger partial charge in [0, 0.05) is 5.69 Å². The van der Waals surface area contributed by atoms with Gasteiger partial charge in [0.1, 0.15) is 12.2 Å². The summed E-state index contributed by atoms with van der Waals surface area (Å²) in [5.74, 6) is -0.308. The molecule has 7 nitrogen and oxygen atoms in total. The molecule has 0 atom stereocenters. The van der Waals surface area contributed by atoms with Crippen LogP contribution in [0.25, 0.3) is 0 Å². The minimum Gasteiger partial charge on any atom is -0.306 e. The number of nitrogens with one attached hydrogen (secondary N) is 2. The Morgan fingerprint density at radius 3 is 2.60 bits per heavy atom. The number of nitrogens with zero attached hydrogens (tertiary/aromatic N) is 4. The second kappa shape index (κ2) is 4.94. The zero-order valence-corrected chi connectivity index (χ0v) is 10.6. The Labute approximate surface area is 111 Å². The summed E-state index contributed by atoms with van der Waals surface area (Å²) in [5.41, 5.74) is -0.309. The second-order valence-corrected chi connectivity index (χ2v) is 4.13. The number of rotatable bonds is 3. The van der Waals surface area contributed by atoms with Gasteiger partial charge >= 0.3 is 6.18 Å². The van der Waals surface area contributed by atoms with Crippen molar-refractivity contribution >= 4 is 11.7 Å². The quantitative estimate of drug-likeness (QED) is 0.890. The van der Waals surface area contributed by atoms with Crippen molar-refractivity contribution in [1.82, 2.24) is 25.2 Å². The Morgan fingerprint density at radius 1 is 1.40 bits per heavy atom. The molecule has 108 valence electrons. The minimum atomic E-state index is -4.53. The van der Waals surface area contributed by atoms with Gasteiger partial charge < -0.3 is 5.32 Å². The van der Waals surface area contributed by atoms with Crippen molar-refractivity contribution in [2.75, 3.05) is 5.32 Å². The average molecular weight is 288 g/mol. The lowest BCUT2D eigenvalue weighted by molar-refractivity contribution is -0.141. The molecule has 1 amide bonds. The SMILES string of the molecule is Cc1n[nH]nc1NC(=O)Cn1nc(C(F)(F)F)cc1C. The summed E-state index contributed by atoms with van der Waals surface area (Å²) in [5, 5.41) is 15.5. The first kappa shape index (κ1) is 14.0. The number of hydrogen-bond acceptors (Lipinski definition) is 4. The van der Waals surface area contributed by atoms with Gasteiger partial charge in [-0.2, -0.15) is 28.6 Å². The molecular formula is C10H11F3N6O. The van der Waals surface area contributed by atoms with Gasteiger partial charge in [-0.05, 0) is 19.9 Å². The van der Waals surface area contributed by atoms with Crippen LogP contribution in [0.15, 0.2) is 6.07 Å². The van der Waals surface area contributed by atoms with Crippen LogP contribution in [0.2, 0.25) is 0 Å². The summed E-state index contributed by atoms with van der Waals surface area (Å²) in [4.78, 5) is 11.7. The van der Waals surface area contributed by atoms with Crippen molar-refractivity contribution in [3.63, 3.8) is 0 Å². The fourth-order valence-electron chi connectivity index (χ4n) is 1.52. The van der Waals surface area contributed by atoms with Crippen LogP contribution in [0.4, 0.5) is 19.0 Å². The van der Waals surface area contributed by atoms with E-state index in [4.69, 9.17) is 0 Å². The van der Waals surface area contributed by atoms with E-state index in [0.717, 1.165) is 10.7 Å². The molecule has 0 saturated carbocycles. The Hall–Kier alpha value is -2.39. The fourth-order valence-corrected chi connectivity index (χ4v) is 1.52. The largest absolute Gasteiger partial charge is 0.435 e. The molecule has 0 aliphatic heterocycles. The molecule has 0 bridgehead atoms. The molecule has 2 N–H and O–H groups in total. The number of H-pyrrole nitrogens is 1. The molecule has 0 radical (unpaired) electrons. The summed E-state index contributed by atoms with van der Waals surface area (Å²) in [6.45, 7) is 2.73. The van der Waals surface area contributed by atoms with Crippen LogP contribution in [0.3, 0.4) is 0 Å². The maximum Gasteiger partial charge on any atom is 0.435 e. The van der Waals surface area contributed by atoms with E-state index in [2.05, 4.69) is 25.8 Å². The molecule has 2 rings (SSSR count). The van der Waals surface area contributed by atoms with Gasteiger partial charge in [-0.3, -0.25) is 9.48 Å². The first-order valence-corrected chi connectivity index (χ1v) is 5.56. The highest BCUT2D eigenvalue weighted by Gasteiger charge is 2.34. The highest BCUT2D eigenvalue weighted by atomic mass is 19.4. The number of anilines is 1. The van der Waals surface area contributed by atoms with Gasteiger partial charge in [-0.1, -0.05) is 0 Å². The molecule has 0 aliphatic carbocycles. The smallest absolute Gasteiger partial charge is 0.306 e. The van der Waals surface area contributed by atoms with Gasteiger partial charge in [0.05, 0.1) is 0 Å². The van der Waals surface area contributed by atoms with Crippen molar-refractivity contribution in [2.45, 2.75) is 26.6 Å². The maximum absolute atomic E-state index is 12.5. The summed E-state index contributed by atoms with van der Waals surface area (Å²) in [6, 6.07) is 0.884. The monoisotopic (exact) mass is 288 g/mol. The lowest BCUT2D eigenvalue weighted by Gasteiger charge is -2.05. The van der Waals surface area contributed by atoms with E-state index < -0.39 is 17.8 Å². The second-order valence-electron chi connectivity index (χ2n) is 4.13. The molecule has 0 fully saturated rings. The number of aromatic amines is 1. The van der Waals surface area contributed by atoms with E-state index in [9.17, 15) is 18.0 Å². The normalized spacial score (nSPS) is 11.7. The number of aryl methyl sites for hydroxylation is 2. The number of carbonyl (C=O) groups is 1. The highest BCUT2D eigenvalue weighted by molar-refractivity contribution is 5.89. The van der Waals surface area contributed by atoms with Crippen LogP contribution in [-0.4, -0.2) is 31.1 Å². The topological polar surface area (TPSA) is 88.5 Å². The number of carbonyl (C=O) groups excluding carboxylic acids is 1. The lowest BCUT2D eigenvalue weighted by Crippen LogP contribution is -2.21. The lowest BCUT2D eigenvalue weighted by atomic mass is 10.3. The van der Waals surface area contributed by atoms with Crippen molar-refractivity contribution in [1.29, 1.82) is 0 Å².